The van der Waals surface area contributed by atoms with E-state index in [0.717, 1.165) is 5.56 Å². The molecule has 0 aliphatic heterocycles. The summed E-state index contributed by atoms with van der Waals surface area (Å²) in [4.78, 5) is 23.2. The number of ether oxygens (including phenoxy) is 2. The number of pyridine rings is 1. The maximum atomic E-state index is 13.6. The van der Waals surface area contributed by atoms with Gasteiger partial charge in [0.05, 0.1) is 23.9 Å². The number of thiazole rings is 1. The zero-order chi connectivity index (χ0) is 20.9. The van der Waals surface area contributed by atoms with Crippen LogP contribution in [0.1, 0.15) is 5.56 Å². The highest BCUT2D eigenvalue weighted by molar-refractivity contribution is 7.22. The van der Waals surface area contributed by atoms with Crippen molar-refractivity contribution >= 4 is 32.6 Å². The Morgan fingerprint density at radius 1 is 1.13 bits per heavy atom. The SMILES string of the molecule is COc1cccc(OCC(=O)N(Cc2cccnc2)c2nc3ccc(F)cc3s2)c1. The van der Waals surface area contributed by atoms with Gasteiger partial charge in [-0.25, -0.2) is 9.37 Å². The van der Waals surface area contributed by atoms with Crippen LogP contribution in [0, 0.1) is 5.82 Å². The number of anilines is 1. The van der Waals surface area contributed by atoms with Crippen LogP contribution in [0.2, 0.25) is 0 Å². The summed E-state index contributed by atoms with van der Waals surface area (Å²) in [5.74, 6) is 0.543. The van der Waals surface area contributed by atoms with Gasteiger partial charge in [-0.2, -0.15) is 0 Å². The minimum atomic E-state index is -0.343. The average Bonchev–Trinajstić information content (AvgIpc) is 3.19. The zero-order valence-corrected chi connectivity index (χ0v) is 16.9. The maximum absolute atomic E-state index is 13.6. The number of aromatic nitrogens is 2. The van der Waals surface area contributed by atoms with Crippen LogP contribution in [-0.2, 0) is 11.3 Å². The van der Waals surface area contributed by atoms with Crippen molar-refractivity contribution in [1.29, 1.82) is 0 Å². The fraction of sp³-hybridized carbons (Fsp3) is 0.136. The molecular formula is C22H18FN3O3S. The Bertz CT molecular complexity index is 1170. The number of methoxy groups -OCH3 is 1. The number of amides is 1. The smallest absolute Gasteiger partial charge is 0.267 e. The van der Waals surface area contributed by atoms with Crippen LogP contribution >= 0.6 is 11.3 Å². The molecule has 0 bridgehead atoms. The number of carbonyl (C=O) groups is 1. The Morgan fingerprint density at radius 3 is 2.80 bits per heavy atom. The van der Waals surface area contributed by atoms with E-state index in [1.807, 2.05) is 6.07 Å². The molecule has 0 atom stereocenters. The van der Waals surface area contributed by atoms with Gasteiger partial charge in [0.25, 0.3) is 5.91 Å². The van der Waals surface area contributed by atoms with E-state index in [1.54, 1.807) is 55.9 Å². The average molecular weight is 423 g/mol. The van der Waals surface area contributed by atoms with E-state index < -0.39 is 0 Å². The molecule has 2 aromatic heterocycles. The summed E-state index contributed by atoms with van der Waals surface area (Å²) < 4.78 is 25.1. The molecule has 0 radical (unpaired) electrons. The van der Waals surface area contributed by atoms with Gasteiger partial charge in [-0.15, -0.1) is 0 Å². The van der Waals surface area contributed by atoms with Crippen molar-refractivity contribution in [2.24, 2.45) is 0 Å². The third kappa shape index (κ3) is 4.55. The molecule has 6 nitrogen and oxygen atoms in total. The summed E-state index contributed by atoms with van der Waals surface area (Å²) in [6.07, 6.45) is 3.36. The highest BCUT2D eigenvalue weighted by Crippen LogP contribution is 2.30. The maximum Gasteiger partial charge on any atom is 0.267 e. The molecule has 0 saturated carbocycles. The van der Waals surface area contributed by atoms with E-state index in [4.69, 9.17) is 9.47 Å². The number of nitrogens with zero attached hydrogens (tertiary/aromatic N) is 3. The minimum Gasteiger partial charge on any atom is -0.497 e. The van der Waals surface area contributed by atoms with E-state index in [2.05, 4.69) is 9.97 Å². The fourth-order valence-electron chi connectivity index (χ4n) is 2.85. The Morgan fingerprint density at radius 2 is 2.00 bits per heavy atom. The molecule has 152 valence electrons. The summed E-state index contributed by atoms with van der Waals surface area (Å²) in [6, 6.07) is 15.1. The van der Waals surface area contributed by atoms with Crippen molar-refractivity contribution < 1.29 is 18.7 Å². The molecule has 2 heterocycles. The predicted molar refractivity (Wildman–Crippen MR) is 113 cm³/mol. The van der Waals surface area contributed by atoms with Crippen molar-refractivity contribution in [3.8, 4) is 11.5 Å². The number of carbonyl (C=O) groups excluding carboxylic acids is 1. The molecule has 0 fully saturated rings. The Kier molecular flexibility index (Phi) is 5.85. The number of hydrogen-bond acceptors (Lipinski definition) is 6. The van der Waals surface area contributed by atoms with Crippen molar-refractivity contribution in [3.05, 3.63) is 78.4 Å². The second-order valence-electron chi connectivity index (χ2n) is 6.42. The highest BCUT2D eigenvalue weighted by Gasteiger charge is 2.21. The Balaban J connectivity index is 1.59. The molecule has 0 spiro atoms. The Hall–Kier alpha value is -3.52. The first kappa shape index (κ1) is 19.8. The molecular weight excluding hydrogens is 405 g/mol. The molecule has 1 amide bonds. The van der Waals surface area contributed by atoms with Crippen molar-refractivity contribution in [2.45, 2.75) is 6.54 Å². The largest absolute Gasteiger partial charge is 0.497 e. The fourth-order valence-corrected chi connectivity index (χ4v) is 3.86. The molecule has 8 heteroatoms. The standard InChI is InChI=1S/C22H18FN3O3S/c1-28-17-5-2-6-18(11-17)29-14-21(27)26(13-15-4-3-9-24-12-15)22-25-19-8-7-16(23)10-20(19)30-22/h2-12H,13-14H2,1H3. The minimum absolute atomic E-state index is 0.183. The molecule has 0 saturated heterocycles. The van der Waals surface area contributed by atoms with Crippen LogP contribution in [0.4, 0.5) is 9.52 Å². The van der Waals surface area contributed by atoms with Crippen molar-refractivity contribution in [1.82, 2.24) is 9.97 Å². The lowest BCUT2D eigenvalue weighted by Gasteiger charge is -2.20. The lowest BCUT2D eigenvalue weighted by atomic mass is 10.2. The number of rotatable bonds is 7. The van der Waals surface area contributed by atoms with Crippen LogP contribution in [0.5, 0.6) is 11.5 Å². The highest BCUT2D eigenvalue weighted by atomic mass is 32.1. The van der Waals surface area contributed by atoms with Gasteiger partial charge in [-0.3, -0.25) is 14.7 Å². The molecule has 4 rings (SSSR count). The molecule has 0 unspecified atom stereocenters. The number of halogens is 1. The van der Waals surface area contributed by atoms with Gasteiger partial charge < -0.3 is 9.47 Å². The lowest BCUT2D eigenvalue weighted by molar-refractivity contribution is -0.120. The van der Waals surface area contributed by atoms with Crippen LogP contribution < -0.4 is 14.4 Å². The van der Waals surface area contributed by atoms with E-state index in [0.29, 0.717) is 26.8 Å². The van der Waals surface area contributed by atoms with Gasteiger partial charge in [-0.1, -0.05) is 23.5 Å². The predicted octanol–water partition coefficient (Wildman–Crippen LogP) is 4.45. The topological polar surface area (TPSA) is 64.6 Å². The summed E-state index contributed by atoms with van der Waals surface area (Å²) in [5.41, 5.74) is 1.48. The van der Waals surface area contributed by atoms with Gasteiger partial charge in [0.2, 0.25) is 0 Å². The number of fused-ring (bicyclic) bond motifs is 1. The Labute approximate surface area is 176 Å². The van der Waals surface area contributed by atoms with Gasteiger partial charge in [0.1, 0.15) is 17.3 Å². The van der Waals surface area contributed by atoms with E-state index in [9.17, 15) is 9.18 Å². The van der Waals surface area contributed by atoms with Crippen LogP contribution in [0.3, 0.4) is 0 Å². The summed E-state index contributed by atoms with van der Waals surface area (Å²) in [6.45, 7) is 0.0914. The molecule has 30 heavy (non-hydrogen) atoms. The summed E-state index contributed by atoms with van der Waals surface area (Å²) >= 11 is 1.25. The van der Waals surface area contributed by atoms with Crippen LogP contribution in [0.15, 0.2) is 67.0 Å². The lowest BCUT2D eigenvalue weighted by Crippen LogP contribution is -2.34. The van der Waals surface area contributed by atoms with Gasteiger partial charge >= 0.3 is 0 Å². The second kappa shape index (κ2) is 8.87. The first-order chi connectivity index (χ1) is 14.6. The van der Waals surface area contributed by atoms with Gasteiger partial charge in [0.15, 0.2) is 11.7 Å². The van der Waals surface area contributed by atoms with E-state index >= 15 is 0 Å². The summed E-state index contributed by atoms with van der Waals surface area (Å²) in [7, 11) is 1.57. The third-order valence-electron chi connectivity index (χ3n) is 4.34. The van der Waals surface area contributed by atoms with E-state index in [-0.39, 0.29) is 24.9 Å². The third-order valence-corrected chi connectivity index (χ3v) is 5.38. The summed E-state index contributed by atoms with van der Waals surface area (Å²) in [5, 5.41) is 0.471. The quantitative estimate of drug-likeness (QED) is 0.439. The first-order valence-electron chi connectivity index (χ1n) is 9.14. The number of hydrogen-bond donors (Lipinski definition) is 0. The zero-order valence-electron chi connectivity index (χ0n) is 16.1. The molecule has 2 aromatic carbocycles. The number of benzene rings is 2. The first-order valence-corrected chi connectivity index (χ1v) is 9.96. The second-order valence-corrected chi connectivity index (χ2v) is 7.43. The van der Waals surface area contributed by atoms with Crippen molar-refractivity contribution in [2.75, 3.05) is 18.6 Å². The molecule has 0 N–H and O–H groups in total. The van der Waals surface area contributed by atoms with Gasteiger partial charge in [0, 0.05) is 18.5 Å². The van der Waals surface area contributed by atoms with Crippen LogP contribution in [0.25, 0.3) is 10.2 Å². The van der Waals surface area contributed by atoms with Crippen molar-refractivity contribution in [3.63, 3.8) is 0 Å². The molecule has 0 aliphatic rings. The molecule has 4 aromatic rings. The van der Waals surface area contributed by atoms with Crippen LogP contribution in [-0.4, -0.2) is 29.6 Å². The monoisotopic (exact) mass is 423 g/mol. The van der Waals surface area contributed by atoms with Gasteiger partial charge in [-0.05, 0) is 42.0 Å². The normalized spacial score (nSPS) is 10.7. The van der Waals surface area contributed by atoms with E-state index in [1.165, 1.54) is 28.4 Å². The molecule has 0 aliphatic carbocycles.